The Morgan fingerprint density at radius 3 is 1.70 bits per heavy atom. The first kappa shape index (κ1) is 33.5. The summed E-state index contributed by atoms with van der Waals surface area (Å²) >= 11 is 0. The van der Waals surface area contributed by atoms with Crippen LogP contribution in [0.4, 0.5) is 11.9 Å². The van der Waals surface area contributed by atoms with Gasteiger partial charge in [0, 0.05) is 56.5 Å². The average molecular weight is 680 g/mol. The molecule has 0 unspecified atom stereocenters. The van der Waals surface area contributed by atoms with Crippen molar-refractivity contribution >= 4 is 51.7 Å². The number of benzene rings is 2. The van der Waals surface area contributed by atoms with Crippen LogP contribution in [0.1, 0.15) is 51.0 Å². The number of carbonyl (C=O) groups is 3. The SMILES string of the molecule is CCn1ccnc1C(=O)Nc1nc2cc(C)cc(OC)c2n1C/C=C/Cn1c(NC(=O)c2nccn2CC)nc2cc(C(N)=O)cc(OC)c21. The number of fused-ring (bicyclic) bond motifs is 2. The van der Waals surface area contributed by atoms with E-state index in [1.165, 1.54) is 13.2 Å². The molecule has 16 nitrogen and oxygen atoms in total. The van der Waals surface area contributed by atoms with E-state index in [-0.39, 0.29) is 29.7 Å². The number of imidazole rings is 4. The van der Waals surface area contributed by atoms with Gasteiger partial charge in [-0.3, -0.25) is 25.0 Å². The Morgan fingerprint density at radius 1 is 0.760 bits per heavy atom. The van der Waals surface area contributed by atoms with Gasteiger partial charge in [0.05, 0.1) is 25.3 Å². The number of primary amides is 1. The first-order chi connectivity index (χ1) is 24.2. The zero-order valence-electron chi connectivity index (χ0n) is 28.3. The zero-order chi connectivity index (χ0) is 35.5. The minimum atomic E-state index is -0.644. The van der Waals surface area contributed by atoms with E-state index in [0.717, 1.165) is 5.56 Å². The van der Waals surface area contributed by atoms with Gasteiger partial charge >= 0.3 is 0 Å². The van der Waals surface area contributed by atoms with E-state index in [1.807, 2.05) is 49.6 Å². The van der Waals surface area contributed by atoms with Crippen LogP contribution in [-0.4, -0.2) is 70.1 Å². The van der Waals surface area contributed by atoms with Crippen LogP contribution in [0.5, 0.6) is 11.5 Å². The Morgan fingerprint density at radius 2 is 1.24 bits per heavy atom. The third-order valence-electron chi connectivity index (χ3n) is 8.19. The van der Waals surface area contributed by atoms with Crippen LogP contribution in [0.2, 0.25) is 0 Å². The molecule has 6 rings (SSSR count). The summed E-state index contributed by atoms with van der Waals surface area (Å²) in [4.78, 5) is 56.5. The van der Waals surface area contributed by atoms with Gasteiger partial charge in [-0.25, -0.2) is 19.9 Å². The number of hydrogen-bond donors (Lipinski definition) is 3. The molecule has 2 aromatic carbocycles. The van der Waals surface area contributed by atoms with Crippen molar-refractivity contribution in [3.63, 3.8) is 0 Å². The number of rotatable bonds is 13. The van der Waals surface area contributed by atoms with Gasteiger partial charge in [-0.15, -0.1) is 0 Å². The molecule has 50 heavy (non-hydrogen) atoms. The van der Waals surface area contributed by atoms with Crippen molar-refractivity contribution in [2.75, 3.05) is 24.9 Å². The summed E-state index contributed by atoms with van der Waals surface area (Å²) in [6, 6.07) is 6.91. The Kier molecular flexibility index (Phi) is 9.34. The minimum absolute atomic E-state index is 0.209. The van der Waals surface area contributed by atoms with Crippen molar-refractivity contribution < 1.29 is 23.9 Å². The number of aryl methyl sites for hydroxylation is 3. The Hall–Kier alpha value is -6.45. The Labute approximate surface area is 286 Å². The van der Waals surface area contributed by atoms with Crippen molar-refractivity contribution in [3.8, 4) is 11.5 Å². The molecule has 0 aliphatic rings. The summed E-state index contributed by atoms with van der Waals surface area (Å²) in [5.41, 5.74) is 9.03. The van der Waals surface area contributed by atoms with Crippen molar-refractivity contribution in [2.45, 2.75) is 47.0 Å². The molecule has 4 aromatic heterocycles. The molecule has 0 spiro atoms. The van der Waals surface area contributed by atoms with Crippen molar-refractivity contribution in [2.24, 2.45) is 5.73 Å². The van der Waals surface area contributed by atoms with Crippen LogP contribution in [0.15, 0.2) is 61.2 Å². The molecular formula is C34H37N11O5. The second-order valence-electron chi connectivity index (χ2n) is 11.3. The average Bonchev–Trinajstić information content (AvgIpc) is 3.91. The molecule has 0 saturated heterocycles. The van der Waals surface area contributed by atoms with Gasteiger partial charge in [0.25, 0.3) is 11.8 Å². The van der Waals surface area contributed by atoms with Gasteiger partial charge in [0.15, 0.2) is 11.6 Å². The van der Waals surface area contributed by atoms with Gasteiger partial charge in [-0.1, -0.05) is 12.2 Å². The molecule has 0 bridgehead atoms. The molecule has 4 heterocycles. The molecule has 0 radical (unpaired) electrons. The monoisotopic (exact) mass is 679 g/mol. The number of ether oxygens (including phenoxy) is 2. The summed E-state index contributed by atoms with van der Waals surface area (Å²) in [5.74, 6) is 0.468. The van der Waals surface area contributed by atoms with Gasteiger partial charge in [0.1, 0.15) is 22.5 Å². The highest BCUT2D eigenvalue weighted by Gasteiger charge is 2.22. The Bertz CT molecular complexity index is 2270. The maximum Gasteiger partial charge on any atom is 0.293 e. The molecule has 16 heteroatoms. The summed E-state index contributed by atoms with van der Waals surface area (Å²) in [6.45, 7) is 7.44. The molecule has 0 aliphatic carbocycles. The van der Waals surface area contributed by atoms with Crippen LogP contribution in [0.3, 0.4) is 0 Å². The van der Waals surface area contributed by atoms with Crippen molar-refractivity contribution in [1.82, 2.24) is 38.2 Å². The van der Waals surface area contributed by atoms with Gasteiger partial charge in [-0.2, -0.15) is 0 Å². The minimum Gasteiger partial charge on any atom is -0.494 e. The normalized spacial score (nSPS) is 11.5. The fourth-order valence-electron chi connectivity index (χ4n) is 5.82. The lowest BCUT2D eigenvalue weighted by Gasteiger charge is -2.12. The highest BCUT2D eigenvalue weighted by atomic mass is 16.5. The van der Waals surface area contributed by atoms with E-state index >= 15 is 0 Å². The molecule has 0 saturated carbocycles. The number of allylic oxidation sites excluding steroid dienone is 2. The van der Waals surface area contributed by atoms with E-state index in [1.54, 1.807) is 51.7 Å². The smallest absolute Gasteiger partial charge is 0.293 e. The van der Waals surface area contributed by atoms with Crippen molar-refractivity contribution in [1.29, 1.82) is 0 Å². The lowest BCUT2D eigenvalue weighted by Crippen LogP contribution is -2.20. The summed E-state index contributed by atoms with van der Waals surface area (Å²) in [5, 5.41) is 5.79. The van der Waals surface area contributed by atoms with E-state index in [2.05, 4.69) is 25.6 Å². The highest BCUT2D eigenvalue weighted by molar-refractivity contribution is 6.04. The highest BCUT2D eigenvalue weighted by Crippen LogP contribution is 2.32. The molecule has 0 atom stereocenters. The maximum absolute atomic E-state index is 13.3. The van der Waals surface area contributed by atoms with E-state index < -0.39 is 17.7 Å². The van der Waals surface area contributed by atoms with E-state index in [4.69, 9.17) is 20.2 Å². The number of aromatic nitrogens is 8. The Balaban J connectivity index is 1.37. The number of nitrogens with one attached hydrogen (secondary N) is 2. The lowest BCUT2D eigenvalue weighted by molar-refractivity contribution is 0.0994. The fraction of sp³-hybridized carbons (Fsp3) is 0.265. The van der Waals surface area contributed by atoms with Crippen LogP contribution < -0.4 is 25.8 Å². The van der Waals surface area contributed by atoms with Gasteiger partial charge in [0.2, 0.25) is 17.8 Å². The van der Waals surface area contributed by atoms with Gasteiger partial charge in [-0.05, 0) is 50.6 Å². The molecule has 0 fully saturated rings. The van der Waals surface area contributed by atoms with Gasteiger partial charge < -0.3 is 33.5 Å². The number of amides is 3. The van der Waals surface area contributed by atoms with Crippen LogP contribution >= 0.6 is 0 Å². The largest absolute Gasteiger partial charge is 0.494 e. The third-order valence-corrected chi connectivity index (χ3v) is 8.19. The first-order valence-electron chi connectivity index (χ1n) is 15.9. The molecule has 0 aliphatic heterocycles. The van der Waals surface area contributed by atoms with E-state index in [9.17, 15) is 14.4 Å². The van der Waals surface area contributed by atoms with Crippen LogP contribution in [-0.2, 0) is 26.2 Å². The quantitative estimate of drug-likeness (QED) is 0.151. The zero-order valence-corrected chi connectivity index (χ0v) is 28.3. The van der Waals surface area contributed by atoms with Crippen LogP contribution in [0.25, 0.3) is 22.1 Å². The third kappa shape index (κ3) is 6.25. The fourth-order valence-corrected chi connectivity index (χ4v) is 5.82. The predicted octanol–water partition coefficient (Wildman–Crippen LogP) is 4.00. The molecule has 258 valence electrons. The predicted molar refractivity (Wildman–Crippen MR) is 187 cm³/mol. The number of hydrogen-bond acceptors (Lipinski definition) is 9. The second kappa shape index (κ2) is 14.0. The molecule has 6 aromatic rings. The summed E-state index contributed by atoms with van der Waals surface area (Å²) in [6.07, 6.45) is 10.4. The number of carbonyl (C=O) groups excluding carboxylic acids is 3. The van der Waals surface area contributed by atoms with Crippen LogP contribution in [0, 0.1) is 6.92 Å². The van der Waals surface area contributed by atoms with Crippen molar-refractivity contribution in [3.05, 3.63) is 84.0 Å². The molecule has 4 N–H and O–H groups in total. The summed E-state index contributed by atoms with van der Waals surface area (Å²) < 4.78 is 18.4. The second-order valence-corrected chi connectivity index (χ2v) is 11.3. The number of nitrogens with two attached hydrogens (primary N) is 1. The maximum atomic E-state index is 13.3. The standard InChI is InChI=1S/C34H37N11O5/c1-6-42-14-10-36-29(42)31(47)40-33-38-22-16-20(3)17-24(49-4)26(22)44(33)12-8-9-13-45-27-23(18-21(28(35)46)19-25(27)50-5)39-34(45)41-32(48)30-37-11-15-43(30)7-2/h8-11,14-19H,6-7,12-13H2,1-5H3,(H2,35,46)(H,38,40,47)(H,39,41,48)/b9-8+. The number of methoxy groups -OCH3 is 2. The topological polar surface area (TPSA) is 191 Å². The molecular weight excluding hydrogens is 642 g/mol. The number of anilines is 2. The molecule has 3 amide bonds. The first-order valence-corrected chi connectivity index (χ1v) is 15.9. The lowest BCUT2D eigenvalue weighted by atomic mass is 10.1. The van der Waals surface area contributed by atoms with E-state index in [0.29, 0.717) is 59.1 Å². The number of nitrogens with zero attached hydrogens (tertiary/aromatic N) is 8. The summed E-state index contributed by atoms with van der Waals surface area (Å²) in [7, 11) is 3.06.